The van der Waals surface area contributed by atoms with Crippen molar-refractivity contribution >= 4 is 33.4 Å². The van der Waals surface area contributed by atoms with E-state index in [1.165, 1.54) is 23.9 Å². The van der Waals surface area contributed by atoms with Crippen LogP contribution in [-0.4, -0.2) is 42.5 Å². The zero-order valence-corrected chi connectivity index (χ0v) is 12.7. The number of carboxylic acid groups (broad SMARTS) is 1. The van der Waals surface area contributed by atoms with Crippen LogP contribution in [0.2, 0.25) is 0 Å². The molecule has 1 aromatic rings. The summed E-state index contributed by atoms with van der Waals surface area (Å²) in [5.74, 6) is -0.887. The van der Waals surface area contributed by atoms with Crippen LogP contribution in [0.1, 0.15) is 6.42 Å². The molecule has 0 radical (unpaired) electrons. The molecule has 0 aliphatic rings. The van der Waals surface area contributed by atoms with Crippen molar-refractivity contribution in [2.45, 2.75) is 17.4 Å². The van der Waals surface area contributed by atoms with E-state index in [2.05, 4.69) is 0 Å². The lowest BCUT2D eigenvalue weighted by atomic mass is 10.2. The molecule has 1 atom stereocenters. The predicted octanol–water partition coefficient (Wildman–Crippen LogP) is 1.08. The van der Waals surface area contributed by atoms with Crippen molar-refractivity contribution in [3.63, 3.8) is 0 Å². The van der Waals surface area contributed by atoms with Gasteiger partial charge < -0.3 is 5.11 Å². The van der Waals surface area contributed by atoms with Crippen LogP contribution in [0.4, 0.5) is 5.69 Å². The van der Waals surface area contributed by atoms with Gasteiger partial charge in [-0.05, 0) is 24.5 Å². The first-order chi connectivity index (χ1) is 9.79. The number of nitro groups is 1. The van der Waals surface area contributed by atoms with Crippen molar-refractivity contribution in [3.8, 4) is 0 Å². The van der Waals surface area contributed by atoms with E-state index in [1.54, 1.807) is 6.26 Å². The van der Waals surface area contributed by atoms with Crippen molar-refractivity contribution in [1.29, 1.82) is 0 Å². The Hall–Kier alpha value is -1.65. The molecule has 1 rings (SSSR count). The van der Waals surface area contributed by atoms with E-state index < -0.39 is 37.5 Å². The number of nitrogens with one attached hydrogen (secondary N) is 1. The minimum absolute atomic E-state index is 0.0797. The van der Waals surface area contributed by atoms with E-state index in [0.29, 0.717) is 5.75 Å². The van der Waals surface area contributed by atoms with E-state index >= 15 is 0 Å². The highest BCUT2D eigenvalue weighted by atomic mass is 32.2. The third kappa shape index (κ3) is 4.69. The minimum atomic E-state index is -4.29. The van der Waals surface area contributed by atoms with E-state index in [0.717, 1.165) is 12.1 Å². The second kappa shape index (κ2) is 7.38. The zero-order valence-electron chi connectivity index (χ0n) is 11.1. The Morgan fingerprint density at radius 2 is 2.10 bits per heavy atom. The number of hydrogen-bond acceptors (Lipinski definition) is 6. The number of aliphatic carboxylic acids is 1. The Morgan fingerprint density at radius 1 is 1.48 bits per heavy atom. The van der Waals surface area contributed by atoms with Crippen LogP contribution in [0.3, 0.4) is 0 Å². The first-order valence-electron chi connectivity index (χ1n) is 5.77. The fourth-order valence-corrected chi connectivity index (χ4v) is 3.42. The zero-order chi connectivity index (χ0) is 16.0. The molecule has 0 aliphatic heterocycles. The molecule has 2 N–H and O–H groups in total. The van der Waals surface area contributed by atoms with Gasteiger partial charge in [-0.15, -0.1) is 0 Å². The van der Waals surface area contributed by atoms with Gasteiger partial charge in [-0.3, -0.25) is 14.9 Å². The molecule has 0 saturated carbocycles. The maximum absolute atomic E-state index is 12.1. The SMILES string of the molecule is CSCC[C@@H](NS(=O)(=O)c1ccccc1[N+](=O)[O-])C(=O)O. The van der Waals surface area contributed by atoms with Crippen LogP contribution < -0.4 is 4.72 Å². The first-order valence-corrected chi connectivity index (χ1v) is 8.64. The van der Waals surface area contributed by atoms with E-state index in [-0.39, 0.29) is 6.42 Å². The number of benzene rings is 1. The van der Waals surface area contributed by atoms with Crippen molar-refractivity contribution in [1.82, 2.24) is 4.72 Å². The number of carbonyl (C=O) groups is 1. The molecule has 0 spiro atoms. The van der Waals surface area contributed by atoms with Gasteiger partial charge in [0.25, 0.3) is 5.69 Å². The number of thioether (sulfide) groups is 1. The largest absolute Gasteiger partial charge is 0.480 e. The maximum atomic E-state index is 12.1. The molecule has 0 heterocycles. The highest BCUT2D eigenvalue weighted by molar-refractivity contribution is 7.98. The van der Waals surface area contributed by atoms with Gasteiger partial charge in [-0.25, -0.2) is 8.42 Å². The average Bonchev–Trinajstić information content (AvgIpc) is 2.43. The van der Waals surface area contributed by atoms with Crippen molar-refractivity contribution in [3.05, 3.63) is 34.4 Å². The molecular weight excluding hydrogens is 320 g/mol. The summed E-state index contributed by atoms with van der Waals surface area (Å²) in [5.41, 5.74) is -0.598. The lowest BCUT2D eigenvalue weighted by Gasteiger charge is -2.14. The van der Waals surface area contributed by atoms with Gasteiger partial charge in [0.2, 0.25) is 10.0 Å². The first kappa shape index (κ1) is 17.4. The molecule has 0 aromatic heterocycles. The number of hydrogen-bond donors (Lipinski definition) is 2. The fourth-order valence-electron chi connectivity index (χ4n) is 1.55. The fraction of sp³-hybridized carbons (Fsp3) is 0.364. The topological polar surface area (TPSA) is 127 Å². The summed E-state index contributed by atoms with van der Waals surface area (Å²) < 4.78 is 26.3. The summed E-state index contributed by atoms with van der Waals surface area (Å²) >= 11 is 1.37. The molecule has 0 amide bonds. The minimum Gasteiger partial charge on any atom is -0.480 e. The lowest BCUT2D eigenvalue weighted by molar-refractivity contribution is -0.387. The number of sulfonamides is 1. The Labute approximate surface area is 125 Å². The quantitative estimate of drug-likeness (QED) is 0.538. The van der Waals surface area contributed by atoms with Crippen LogP contribution >= 0.6 is 11.8 Å². The van der Waals surface area contributed by atoms with Gasteiger partial charge in [0, 0.05) is 6.07 Å². The Balaban J connectivity index is 3.11. The van der Waals surface area contributed by atoms with Crippen molar-refractivity contribution in [2.75, 3.05) is 12.0 Å². The second-order valence-electron chi connectivity index (χ2n) is 4.02. The summed E-state index contributed by atoms with van der Waals surface area (Å²) in [6.07, 6.45) is 1.84. The smallest absolute Gasteiger partial charge is 0.321 e. The molecule has 8 nitrogen and oxygen atoms in total. The monoisotopic (exact) mass is 334 g/mol. The summed E-state index contributed by atoms with van der Waals surface area (Å²) in [5, 5.41) is 19.9. The Bertz CT molecular complexity index is 631. The number of nitrogens with zero attached hydrogens (tertiary/aromatic N) is 1. The second-order valence-corrected chi connectivity index (χ2v) is 6.69. The molecule has 0 saturated heterocycles. The third-order valence-corrected chi connectivity index (χ3v) is 4.72. The predicted molar refractivity (Wildman–Crippen MR) is 77.8 cm³/mol. The highest BCUT2D eigenvalue weighted by Gasteiger charge is 2.30. The third-order valence-electron chi connectivity index (χ3n) is 2.56. The van der Waals surface area contributed by atoms with Gasteiger partial charge in [-0.2, -0.15) is 16.5 Å². The summed E-state index contributed by atoms with van der Waals surface area (Å²) in [6, 6.07) is 3.45. The average molecular weight is 334 g/mol. The van der Waals surface area contributed by atoms with Crippen LogP contribution in [0.15, 0.2) is 29.2 Å². The highest BCUT2D eigenvalue weighted by Crippen LogP contribution is 2.23. The molecule has 0 unspecified atom stereocenters. The van der Waals surface area contributed by atoms with Crippen LogP contribution in [0.5, 0.6) is 0 Å². The van der Waals surface area contributed by atoms with Crippen LogP contribution in [0.25, 0.3) is 0 Å². The number of nitro benzene ring substituents is 1. The molecule has 116 valence electrons. The molecule has 1 aromatic carbocycles. The molecule has 10 heteroatoms. The van der Waals surface area contributed by atoms with Crippen molar-refractivity contribution in [2.24, 2.45) is 0 Å². The molecule has 0 bridgehead atoms. The van der Waals surface area contributed by atoms with Gasteiger partial charge in [-0.1, -0.05) is 12.1 Å². The molecule has 0 fully saturated rings. The van der Waals surface area contributed by atoms with E-state index in [9.17, 15) is 23.3 Å². The molecule has 0 aliphatic carbocycles. The van der Waals surface area contributed by atoms with Crippen LogP contribution in [-0.2, 0) is 14.8 Å². The maximum Gasteiger partial charge on any atom is 0.321 e. The number of rotatable bonds is 8. The van der Waals surface area contributed by atoms with E-state index in [1.807, 2.05) is 4.72 Å². The summed E-state index contributed by atoms with van der Waals surface area (Å²) in [4.78, 5) is 20.5. The standard InChI is InChI=1S/C11H14N2O6S2/c1-20-7-6-8(11(14)15)12-21(18,19)10-5-3-2-4-9(10)13(16)17/h2-5,8,12H,6-7H2,1H3,(H,14,15)/t8-/m1/s1. The summed E-state index contributed by atoms with van der Waals surface area (Å²) in [6.45, 7) is 0. The van der Waals surface area contributed by atoms with Gasteiger partial charge in [0.1, 0.15) is 6.04 Å². The molecular formula is C11H14N2O6S2. The normalized spacial score (nSPS) is 12.8. The van der Waals surface area contributed by atoms with Gasteiger partial charge in [0.15, 0.2) is 4.90 Å². The van der Waals surface area contributed by atoms with Crippen molar-refractivity contribution < 1.29 is 23.2 Å². The van der Waals surface area contributed by atoms with Gasteiger partial charge in [0.05, 0.1) is 4.92 Å². The van der Waals surface area contributed by atoms with Crippen LogP contribution in [0, 0.1) is 10.1 Å². The number of carboxylic acids is 1. The number of para-hydroxylation sites is 1. The Kier molecular flexibility index (Phi) is 6.12. The Morgan fingerprint density at radius 3 is 2.62 bits per heavy atom. The summed E-state index contributed by atoms with van der Waals surface area (Å²) in [7, 11) is -4.29. The van der Waals surface area contributed by atoms with Gasteiger partial charge >= 0.3 is 5.97 Å². The lowest BCUT2D eigenvalue weighted by Crippen LogP contribution is -2.41. The van der Waals surface area contributed by atoms with E-state index in [4.69, 9.17) is 5.11 Å². The molecule has 21 heavy (non-hydrogen) atoms.